The Morgan fingerprint density at radius 2 is 1.80 bits per heavy atom. The number of benzene rings is 2. The number of allylic oxidation sites excluding steroid dienone is 2. The molecule has 5 nitrogen and oxygen atoms in total. The lowest BCUT2D eigenvalue weighted by Gasteiger charge is -2.38. The van der Waals surface area contributed by atoms with Gasteiger partial charge in [0.15, 0.2) is 5.82 Å². The second kappa shape index (κ2) is 13.8. The molecule has 2 N–H and O–H groups in total. The monoisotopic (exact) mass is 553 g/mol. The number of rotatable bonds is 14. The molecule has 0 amide bonds. The minimum absolute atomic E-state index is 0.0789. The summed E-state index contributed by atoms with van der Waals surface area (Å²) in [5.74, 6) is -3.23. The molecular weight excluding hydrogens is 518 g/mol. The average Bonchev–Trinajstić information content (AvgIpc) is 3.32. The van der Waals surface area contributed by atoms with Crippen LogP contribution in [0.25, 0.3) is 0 Å². The van der Waals surface area contributed by atoms with Crippen molar-refractivity contribution in [2.45, 2.75) is 51.0 Å². The Bertz CT molecular complexity index is 1340. The summed E-state index contributed by atoms with van der Waals surface area (Å²) in [5, 5.41) is 11.0. The number of aromatic nitrogens is 2. The minimum Gasteiger partial charge on any atom is -0.357 e. The fourth-order valence-corrected chi connectivity index (χ4v) is 4.32. The SMILES string of the molecule is C=C(Nc1ccn(C)n1)N[C@](Cc1ccccc1)(C(/C=C\CC)=N/C=C\C)c1cccc(CC(F)(F)C(F)F)c1. The Hall–Kier alpha value is -4.14. The van der Waals surface area contributed by atoms with Crippen molar-refractivity contribution < 1.29 is 17.6 Å². The van der Waals surface area contributed by atoms with E-state index in [2.05, 4.69) is 22.3 Å². The van der Waals surface area contributed by atoms with Crippen molar-refractivity contribution in [1.82, 2.24) is 15.1 Å². The molecule has 3 rings (SSSR count). The van der Waals surface area contributed by atoms with E-state index in [0.29, 0.717) is 29.3 Å². The quantitative estimate of drug-likeness (QED) is 0.161. The molecular formula is C31H35F4N5. The minimum atomic E-state index is -4.16. The van der Waals surface area contributed by atoms with E-state index in [0.717, 1.165) is 12.0 Å². The average molecular weight is 554 g/mol. The number of aryl methyl sites for hydroxylation is 1. The number of halogens is 4. The summed E-state index contributed by atoms with van der Waals surface area (Å²) in [5.41, 5.74) is 1.02. The van der Waals surface area contributed by atoms with Crippen LogP contribution < -0.4 is 10.6 Å². The summed E-state index contributed by atoms with van der Waals surface area (Å²) in [7, 11) is 1.79. The van der Waals surface area contributed by atoms with Gasteiger partial charge in [0.05, 0.1) is 11.5 Å². The molecule has 0 unspecified atom stereocenters. The molecule has 9 heteroatoms. The number of alkyl halides is 4. The van der Waals surface area contributed by atoms with Crippen LogP contribution in [-0.2, 0) is 25.4 Å². The van der Waals surface area contributed by atoms with E-state index in [1.807, 2.05) is 56.3 Å². The van der Waals surface area contributed by atoms with Crippen LogP contribution in [0.3, 0.4) is 0 Å². The maximum Gasteiger partial charge on any atom is 0.311 e. The molecule has 0 spiro atoms. The Morgan fingerprint density at radius 1 is 1.07 bits per heavy atom. The van der Waals surface area contributed by atoms with E-state index in [4.69, 9.17) is 4.99 Å². The van der Waals surface area contributed by atoms with Crippen molar-refractivity contribution >= 4 is 11.5 Å². The maximum atomic E-state index is 14.1. The Morgan fingerprint density at radius 3 is 2.42 bits per heavy atom. The fourth-order valence-electron chi connectivity index (χ4n) is 4.32. The van der Waals surface area contributed by atoms with E-state index in [9.17, 15) is 17.6 Å². The van der Waals surface area contributed by atoms with Crippen molar-refractivity contribution in [1.29, 1.82) is 0 Å². The zero-order valence-corrected chi connectivity index (χ0v) is 22.9. The lowest BCUT2D eigenvalue weighted by atomic mass is 9.78. The van der Waals surface area contributed by atoms with Gasteiger partial charge in [-0.25, -0.2) is 8.78 Å². The van der Waals surface area contributed by atoms with E-state index in [-0.39, 0.29) is 5.56 Å². The van der Waals surface area contributed by atoms with Gasteiger partial charge in [-0.15, -0.1) is 0 Å². The second-order valence-electron chi connectivity index (χ2n) is 9.42. The van der Waals surface area contributed by atoms with Gasteiger partial charge in [-0.05, 0) is 36.1 Å². The van der Waals surface area contributed by atoms with E-state index in [1.165, 1.54) is 12.1 Å². The lowest BCUT2D eigenvalue weighted by molar-refractivity contribution is -0.127. The van der Waals surface area contributed by atoms with Crippen molar-refractivity contribution in [3.05, 3.63) is 120 Å². The molecule has 40 heavy (non-hydrogen) atoms. The standard InChI is InChI=1S/C31H35F4N5/c1-5-7-16-27(36-18-6-2)30(21-24-12-9-8-10-13-24,38-23(3)37-28-17-19-40(4)39-28)26-15-11-14-25(20-26)22-31(34,35)29(32)33/h6-20,29,38H,3,5,21-22H2,1-2,4H3,(H,37,39)/b16-7-,18-6-,36-27+/t30-/m0/s1. The molecule has 0 saturated carbocycles. The summed E-state index contributed by atoms with van der Waals surface area (Å²) >= 11 is 0. The largest absolute Gasteiger partial charge is 0.357 e. The Balaban J connectivity index is 2.23. The number of nitrogens with one attached hydrogen (secondary N) is 2. The first-order valence-electron chi connectivity index (χ1n) is 13.0. The highest BCUT2D eigenvalue weighted by atomic mass is 19.3. The van der Waals surface area contributed by atoms with E-state index >= 15 is 0 Å². The van der Waals surface area contributed by atoms with Crippen LogP contribution in [0, 0.1) is 0 Å². The molecule has 0 aliphatic rings. The molecule has 1 atom stereocenters. The third kappa shape index (κ3) is 7.94. The van der Waals surface area contributed by atoms with Gasteiger partial charge in [0, 0.05) is 38.4 Å². The highest BCUT2D eigenvalue weighted by molar-refractivity contribution is 6.04. The molecule has 0 aliphatic heterocycles. The normalized spacial score (nSPS) is 14.2. The smallest absolute Gasteiger partial charge is 0.311 e. The van der Waals surface area contributed by atoms with E-state index in [1.54, 1.807) is 48.4 Å². The first-order chi connectivity index (χ1) is 19.1. The molecule has 2 aromatic carbocycles. The highest BCUT2D eigenvalue weighted by Gasteiger charge is 2.42. The summed E-state index contributed by atoms with van der Waals surface area (Å²) in [6.45, 7) is 8.00. The van der Waals surface area contributed by atoms with Crippen LogP contribution in [0.4, 0.5) is 23.4 Å². The molecule has 0 saturated heterocycles. The molecule has 0 fully saturated rings. The number of nitrogens with zero attached hydrogens (tertiary/aromatic N) is 3. The van der Waals surface area contributed by atoms with Crippen molar-refractivity contribution in [3.63, 3.8) is 0 Å². The third-order valence-corrected chi connectivity index (χ3v) is 6.16. The Kier molecular flexibility index (Phi) is 10.5. The van der Waals surface area contributed by atoms with Crippen molar-refractivity contribution in [2.24, 2.45) is 12.0 Å². The van der Waals surface area contributed by atoms with Gasteiger partial charge >= 0.3 is 12.3 Å². The molecule has 0 aliphatic carbocycles. The number of hydrogen-bond acceptors (Lipinski definition) is 4. The summed E-state index contributed by atoms with van der Waals surface area (Å²) in [6.07, 6.45) is 5.25. The summed E-state index contributed by atoms with van der Waals surface area (Å²) in [4.78, 5) is 4.75. The molecule has 1 heterocycles. The number of aliphatic imine (C=N–C) groups is 1. The van der Waals surface area contributed by atoms with Crippen LogP contribution in [0.1, 0.15) is 37.0 Å². The van der Waals surface area contributed by atoms with Crippen LogP contribution in [0.5, 0.6) is 0 Å². The van der Waals surface area contributed by atoms with E-state index < -0.39 is 24.3 Å². The van der Waals surface area contributed by atoms with Gasteiger partial charge in [-0.1, -0.05) is 80.3 Å². The van der Waals surface area contributed by atoms with Gasteiger partial charge in [0.25, 0.3) is 0 Å². The topological polar surface area (TPSA) is 54.2 Å². The molecule has 0 radical (unpaired) electrons. The van der Waals surface area contributed by atoms with Crippen molar-refractivity contribution in [2.75, 3.05) is 5.32 Å². The molecule has 3 aromatic rings. The van der Waals surface area contributed by atoms with Crippen molar-refractivity contribution in [3.8, 4) is 0 Å². The maximum absolute atomic E-state index is 14.1. The summed E-state index contributed by atoms with van der Waals surface area (Å²) < 4.78 is 56.0. The first kappa shape index (κ1) is 30.4. The predicted molar refractivity (Wildman–Crippen MR) is 154 cm³/mol. The highest BCUT2D eigenvalue weighted by Crippen LogP contribution is 2.33. The zero-order chi connectivity index (χ0) is 29.2. The molecule has 0 bridgehead atoms. The second-order valence-corrected chi connectivity index (χ2v) is 9.42. The fraction of sp³-hybridized carbons (Fsp3) is 0.290. The van der Waals surface area contributed by atoms with Crippen LogP contribution in [0.15, 0.2) is 109 Å². The third-order valence-electron chi connectivity index (χ3n) is 6.16. The van der Waals surface area contributed by atoms with Crippen LogP contribution in [-0.4, -0.2) is 27.8 Å². The number of hydrogen-bond donors (Lipinski definition) is 2. The van der Waals surface area contributed by atoms with Gasteiger partial charge in [-0.3, -0.25) is 9.67 Å². The predicted octanol–water partition coefficient (Wildman–Crippen LogP) is 7.41. The molecule has 1 aromatic heterocycles. The summed E-state index contributed by atoms with van der Waals surface area (Å²) in [6, 6.07) is 17.7. The van der Waals surface area contributed by atoms with Gasteiger partial charge in [0.1, 0.15) is 5.54 Å². The van der Waals surface area contributed by atoms with Gasteiger partial charge in [0.2, 0.25) is 0 Å². The van der Waals surface area contributed by atoms with Gasteiger partial charge in [-0.2, -0.15) is 13.9 Å². The number of anilines is 1. The zero-order valence-electron chi connectivity index (χ0n) is 22.9. The molecule has 212 valence electrons. The van der Waals surface area contributed by atoms with Crippen LogP contribution in [0.2, 0.25) is 0 Å². The van der Waals surface area contributed by atoms with Gasteiger partial charge < -0.3 is 10.6 Å². The first-order valence-corrected chi connectivity index (χ1v) is 13.0. The Labute approximate surface area is 233 Å². The van der Waals surface area contributed by atoms with Crippen LogP contribution >= 0.6 is 0 Å². The lowest BCUT2D eigenvalue weighted by Crippen LogP contribution is -2.51.